The molecule has 68 valence electrons. The van der Waals surface area contributed by atoms with Crippen LogP contribution in [0.2, 0.25) is 0 Å². The molecule has 0 spiro atoms. The minimum Gasteiger partial charge on any atom is -0.353 e. The average molecular weight is 169 g/mol. The van der Waals surface area contributed by atoms with Crippen LogP contribution in [0.5, 0.6) is 0 Å². The zero-order valence-electron chi connectivity index (χ0n) is 7.55. The Morgan fingerprint density at radius 3 is 2.83 bits per heavy atom. The second-order valence-corrected chi connectivity index (χ2v) is 2.68. The van der Waals surface area contributed by atoms with Crippen LogP contribution < -0.4 is 10.6 Å². The second-order valence-electron chi connectivity index (χ2n) is 2.68. The molecule has 0 saturated carbocycles. The molecule has 0 aromatic heterocycles. The number of nitrogens with zero attached hydrogens (tertiary/aromatic N) is 1. The van der Waals surface area contributed by atoms with Crippen LogP contribution in [0.25, 0.3) is 0 Å². The number of nitriles is 1. The third kappa shape index (κ3) is 5.69. The molecule has 1 amide bonds. The summed E-state index contributed by atoms with van der Waals surface area (Å²) in [6.45, 7) is 2.49. The quantitative estimate of drug-likeness (QED) is 0.609. The van der Waals surface area contributed by atoms with Gasteiger partial charge in [-0.05, 0) is 14.0 Å². The number of nitrogens with one attached hydrogen (secondary N) is 2. The summed E-state index contributed by atoms with van der Waals surface area (Å²) in [5.74, 6) is -0.00731. The van der Waals surface area contributed by atoms with Gasteiger partial charge in [-0.3, -0.25) is 4.79 Å². The smallest absolute Gasteiger partial charge is 0.221 e. The maximum atomic E-state index is 11.0. The highest BCUT2D eigenvalue weighted by molar-refractivity contribution is 5.76. The van der Waals surface area contributed by atoms with E-state index in [0.717, 1.165) is 0 Å². The lowest BCUT2D eigenvalue weighted by Crippen LogP contribution is -2.33. The highest BCUT2D eigenvalue weighted by Gasteiger charge is 2.04. The lowest BCUT2D eigenvalue weighted by molar-refractivity contribution is -0.121. The molecule has 4 nitrogen and oxygen atoms in total. The maximum Gasteiger partial charge on any atom is 0.221 e. The third-order valence-electron chi connectivity index (χ3n) is 1.41. The van der Waals surface area contributed by atoms with Gasteiger partial charge in [0.15, 0.2) is 0 Å². The van der Waals surface area contributed by atoms with Crippen LogP contribution in [0, 0.1) is 11.3 Å². The molecule has 0 aliphatic carbocycles. The predicted molar refractivity (Wildman–Crippen MR) is 46.4 cm³/mol. The molecule has 0 aliphatic rings. The molecular weight excluding hydrogens is 154 g/mol. The van der Waals surface area contributed by atoms with Crippen molar-refractivity contribution in [1.29, 1.82) is 5.26 Å². The van der Waals surface area contributed by atoms with E-state index in [-0.39, 0.29) is 11.9 Å². The Bertz CT molecular complexity index is 174. The number of carbonyl (C=O) groups excluding carboxylic acids is 1. The molecule has 0 heterocycles. The van der Waals surface area contributed by atoms with Gasteiger partial charge in [0, 0.05) is 19.0 Å². The molecule has 12 heavy (non-hydrogen) atoms. The van der Waals surface area contributed by atoms with Crippen LogP contribution in [-0.4, -0.2) is 25.5 Å². The highest BCUT2D eigenvalue weighted by Crippen LogP contribution is 1.88. The largest absolute Gasteiger partial charge is 0.353 e. The molecule has 0 saturated heterocycles. The SMILES string of the molecule is CNCCC(=O)NC(C)CC#N. The molecule has 0 fully saturated rings. The van der Waals surface area contributed by atoms with Crippen molar-refractivity contribution in [1.82, 2.24) is 10.6 Å². The summed E-state index contributed by atoms with van der Waals surface area (Å²) >= 11 is 0. The zero-order chi connectivity index (χ0) is 9.40. The van der Waals surface area contributed by atoms with E-state index in [4.69, 9.17) is 5.26 Å². The van der Waals surface area contributed by atoms with E-state index in [1.807, 2.05) is 13.0 Å². The van der Waals surface area contributed by atoms with E-state index in [1.165, 1.54) is 0 Å². The van der Waals surface area contributed by atoms with E-state index in [9.17, 15) is 4.79 Å². The molecule has 1 atom stereocenters. The molecule has 2 N–H and O–H groups in total. The number of hydrogen-bond donors (Lipinski definition) is 2. The van der Waals surface area contributed by atoms with Gasteiger partial charge in [0.25, 0.3) is 0 Å². The second kappa shape index (κ2) is 6.62. The molecule has 0 radical (unpaired) electrons. The normalized spacial score (nSPS) is 11.8. The number of rotatable bonds is 5. The van der Waals surface area contributed by atoms with Crippen molar-refractivity contribution in [3.05, 3.63) is 0 Å². The van der Waals surface area contributed by atoms with Crippen molar-refractivity contribution in [2.45, 2.75) is 25.8 Å². The Morgan fingerprint density at radius 2 is 2.33 bits per heavy atom. The minimum absolute atomic E-state index is 0.00731. The van der Waals surface area contributed by atoms with Crippen LogP contribution in [0.1, 0.15) is 19.8 Å². The van der Waals surface area contributed by atoms with Gasteiger partial charge in [0.2, 0.25) is 5.91 Å². The molecule has 4 heteroatoms. The van der Waals surface area contributed by atoms with Crippen LogP contribution in [0.15, 0.2) is 0 Å². The third-order valence-corrected chi connectivity index (χ3v) is 1.41. The van der Waals surface area contributed by atoms with Gasteiger partial charge >= 0.3 is 0 Å². The van der Waals surface area contributed by atoms with E-state index in [2.05, 4.69) is 10.6 Å². The van der Waals surface area contributed by atoms with Crippen molar-refractivity contribution in [2.24, 2.45) is 0 Å². The molecule has 0 aliphatic heterocycles. The lowest BCUT2D eigenvalue weighted by atomic mass is 10.2. The molecule has 0 aromatic carbocycles. The van der Waals surface area contributed by atoms with E-state index >= 15 is 0 Å². The Balaban J connectivity index is 3.48. The standard InChI is InChI=1S/C8H15N3O/c1-7(3-5-9)11-8(12)4-6-10-2/h7,10H,3-4,6H2,1-2H3,(H,11,12). The summed E-state index contributed by atoms with van der Waals surface area (Å²) in [6.07, 6.45) is 0.831. The number of amides is 1. The first-order chi connectivity index (χ1) is 5.70. The molecular formula is C8H15N3O. The predicted octanol–water partition coefficient (Wildman–Crippen LogP) is 0.0143. The summed E-state index contributed by atoms with van der Waals surface area (Å²) < 4.78 is 0. The van der Waals surface area contributed by atoms with Gasteiger partial charge in [-0.25, -0.2) is 0 Å². The Labute approximate surface area is 72.9 Å². The van der Waals surface area contributed by atoms with E-state index in [1.54, 1.807) is 7.05 Å². The van der Waals surface area contributed by atoms with Crippen molar-refractivity contribution in [3.63, 3.8) is 0 Å². The lowest BCUT2D eigenvalue weighted by Gasteiger charge is -2.09. The fourth-order valence-corrected chi connectivity index (χ4v) is 0.773. The van der Waals surface area contributed by atoms with Crippen LogP contribution in [-0.2, 0) is 4.79 Å². The monoisotopic (exact) mass is 169 g/mol. The molecule has 0 aromatic rings. The fourth-order valence-electron chi connectivity index (χ4n) is 0.773. The van der Waals surface area contributed by atoms with Crippen LogP contribution in [0.3, 0.4) is 0 Å². The maximum absolute atomic E-state index is 11.0. The first-order valence-electron chi connectivity index (χ1n) is 4.01. The summed E-state index contributed by atoms with van der Waals surface area (Å²) in [4.78, 5) is 11.0. The van der Waals surface area contributed by atoms with Crippen molar-refractivity contribution >= 4 is 5.91 Å². The fraction of sp³-hybridized carbons (Fsp3) is 0.750. The van der Waals surface area contributed by atoms with Crippen molar-refractivity contribution in [2.75, 3.05) is 13.6 Å². The highest BCUT2D eigenvalue weighted by atomic mass is 16.1. The van der Waals surface area contributed by atoms with Gasteiger partial charge in [-0.15, -0.1) is 0 Å². The van der Waals surface area contributed by atoms with Crippen molar-refractivity contribution < 1.29 is 4.79 Å². The van der Waals surface area contributed by atoms with Gasteiger partial charge in [0.05, 0.1) is 12.5 Å². The van der Waals surface area contributed by atoms with Gasteiger partial charge in [-0.2, -0.15) is 5.26 Å². The van der Waals surface area contributed by atoms with Crippen LogP contribution in [0.4, 0.5) is 0 Å². The topological polar surface area (TPSA) is 64.9 Å². The molecule has 0 rings (SSSR count). The Morgan fingerprint density at radius 1 is 1.67 bits per heavy atom. The summed E-state index contributed by atoms with van der Waals surface area (Å²) in [5, 5.41) is 13.9. The van der Waals surface area contributed by atoms with Gasteiger partial charge in [-0.1, -0.05) is 0 Å². The minimum atomic E-state index is -0.0423. The van der Waals surface area contributed by atoms with Crippen molar-refractivity contribution in [3.8, 4) is 6.07 Å². The molecule has 1 unspecified atom stereocenters. The number of carbonyl (C=O) groups is 1. The van der Waals surface area contributed by atoms with E-state index < -0.39 is 0 Å². The molecule has 0 bridgehead atoms. The first-order valence-corrected chi connectivity index (χ1v) is 4.01. The summed E-state index contributed by atoms with van der Waals surface area (Å²) in [6, 6.07) is 1.96. The van der Waals surface area contributed by atoms with Gasteiger partial charge in [0.1, 0.15) is 0 Å². The Kier molecular flexibility index (Phi) is 6.02. The number of hydrogen-bond acceptors (Lipinski definition) is 3. The summed E-state index contributed by atoms with van der Waals surface area (Å²) in [7, 11) is 1.80. The van der Waals surface area contributed by atoms with Crippen LogP contribution >= 0.6 is 0 Å². The average Bonchev–Trinajstić information content (AvgIpc) is 2.01. The zero-order valence-corrected chi connectivity index (χ0v) is 7.55. The van der Waals surface area contributed by atoms with Gasteiger partial charge < -0.3 is 10.6 Å². The first kappa shape index (κ1) is 10.9. The summed E-state index contributed by atoms with van der Waals surface area (Å²) in [5.41, 5.74) is 0. The Hall–Kier alpha value is -1.08. The van der Waals surface area contributed by atoms with E-state index in [0.29, 0.717) is 19.4 Å².